The highest BCUT2D eigenvalue weighted by molar-refractivity contribution is 6.01. The Morgan fingerprint density at radius 1 is 1.25 bits per heavy atom. The van der Waals surface area contributed by atoms with E-state index in [1.54, 1.807) is 6.20 Å². The molecule has 0 aliphatic heterocycles. The van der Waals surface area contributed by atoms with Crippen LogP contribution in [0.2, 0.25) is 0 Å². The molecule has 3 aromatic heterocycles. The minimum atomic E-state index is -0.522. The van der Waals surface area contributed by atoms with Crippen LogP contribution in [0.25, 0.3) is 16.4 Å². The summed E-state index contributed by atoms with van der Waals surface area (Å²) in [5.41, 5.74) is 2.98. The van der Waals surface area contributed by atoms with Gasteiger partial charge in [-0.05, 0) is 18.2 Å². The maximum Gasteiger partial charge on any atom is 0.359 e. The van der Waals surface area contributed by atoms with Gasteiger partial charge in [0.05, 0.1) is 16.6 Å². The molecule has 4 rings (SSSR count). The summed E-state index contributed by atoms with van der Waals surface area (Å²) in [5, 5.41) is 16.9. The third-order valence-electron chi connectivity index (χ3n) is 3.90. The number of hydrogen-bond acceptors (Lipinski definition) is 4. The number of nitriles is 1. The Kier molecular flexibility index (Phi) is 3.25. The Morgan fingerprint density at radius 2 is 2.08 bits per heavy atom. The minimum absolute atomic E-state index is 0.0184. The average Bonchev–Trinajstić information content (AvgIpc) is 3.20. The second kappa shape index (κ2) is 5.56. The van der Waals surface area contributed by atoms with Gasteiger partial charge in [-0.2, -0.15) is 10.4 Å². The zero-order chi connectivity index (χ0) is 16.5. The number of esters is 1. The van der Waals surface area contributed by atoms with Gasteiger partial charge in [0.25, 0.3) is 0 Å². The van der Waals surface area contributed by atoms with Crippen LogP contribution >= 0.6 is 0 Å². The van der Waals surface area contributed by atoms with Gasteiger partial charge in [0.15, 0.2) is 5.69 Å². The number of hydrogen-bond donors (Lipinski definition) is 1. The van der Waals surface area contributed by atoms with Crippen molar-refractivity contribution >= 4 is 22.4 Å². The van der Waals surface area contributed by atoms with Crippen LogP contribution < -0.4 is 0 Å². The van der Waals surface area contributed by atoms with E-state index in [1.165, 1.54) is 0 Å². The summed E-state index contributed by atoms with van der Waals surface area (Å²) in [5.74, 6) is -0.522. The topological polar surface area (TPSA) is 83.2 Å². The molecule has 116 valence electrons. The lowest BCUT2D eigenvalue weighted by Crippen LogP contribution is -2.06. The number of para-hydroxylation sites is 1. The van der Waals surface area contributed by atoms with Crippen LogP contribution in [-0.4, -0.2) is 20.6 Å². The zero-order valence-electron chi connectivity index (χ0n) is 12.6. The van der Waals surface area contributed by atoms with Gasteiger partial charge in [-0.3, -0.25) is 5.10 Å². The van der Waals surface area contributed by atoms with Crippen LogP contribution in [0.1, 0.15) is 21.6 Å². The molecule has 0 aliphatic rings. The van der Waals surface area contributed by atoms with Gasteiger partial charge in [-0.1, -0.05) is 24.3 Å². The van der Waals surface area contributed by atoms with Crippen molar-refractivity contribution < 1.29 is 9.53 Å². The summed E-state index contributed by atoms with van der Waals surface area (Å²) in [4.78, 5) is 12.3. The fourth-order valence-corrected chi connectivity index (χ4v) is 2.75. The van der Waals surface area contributed by atoms with Crippen molar-refractivity contribution in [3.05, 3.63) is 71.7 Å². The van der Waals surface area contributed by atoms with Gasteiger partial charge in [0, 0.05) is 23.3 Å². The van der Waals surface area contributed by atoms with Gasteiger partial charge in [0.1, 0.15) is 12.7 Å². The predicted molar refractivity (Wildman–Crippen MR) is 87.3 cm³/mol. The number of carbonyl (C=O) groups excluding carboxylic acids is 1. The molecule has 0 aliphatic carbocycles. The van der Waals surface area contributed by atoms with E-state index in [4.69, 9.17) is 4.74 Å². The maximum atomic E-state index is 12.3. The summed E-state index contributed by atoms with van der Waals surface area (Å²) in [6, 6.07) is 15.1. The number of aromatic nitrogens is 3. The second-order valence-electron chi connectivity index (χ2n) is 5.33. The maximum absolute atomic E-state index is 12.3. The molecule has 6 heteroatoms. The molecule has 0 fully saturated rings. The van der Waals surface area contributed by atoms with E-state index in [1.807, 2.05) is 53.1 Å². The molecule has 1 N–H and O–H groups in total. The number of H-pyrrole nitrogens is 1. The van der Waals surface area contributed by atoms with Crippen LogP contribution in [0.5, 0.6) is 0 Å². The molecule has 6 nitrogen and oxygen atoms in total. The first-order valence-electron chi connectivity index (χ1n) is 7.37. The highest BCUT2D eigenvalue weighted by Crippen LogP contribution is 2.20. The highest BCUT2D eigenvalue weighted by atomic mass is 16.5. The number of aromatic amines is 1. The SMILES string of the molecule is N#Cc1c(COC(=O)c2n[nH]c3ccccc23)cn2ccccc12. The lowest BCUT2D eigenvalue weighted by atomic mass is 10.2. The molecule has 1 aromatic carbocycles. The fraction of sp³-hybridized carbons (Fsp3) is 0.0556. The van der Waals surface area contributed by atoms with E-state index < -0.39 is 5.97 Å². The number of rotatable bonds is 3. The lowest BCUT2D eigenvalue weighted by Gasteiger charge is -2.02. The van der Waals surface area contributed by atoms with Crippen LogP contribution in [-0.2, 0) is 11.3 Å². The van der Waals surface area contributed by atoms with E-state index in [0.717, 1.165) is 11.0 Å². The number of pyridine rings is 1. The smallest absolute Gasteiger partial charge is 0.359 e. The Bertz CT molecular complexity index is 1100. The number of nitrogens with one attached hydrogen (secondary N) is 1. The number of ether oxygens (including phenoxy) is 1. The molecule has 0 spiro atoms. The van der Waals surface area contributed by atoms with Crippen LogP contribution in [0, 0.1) is 11.3 Å². The first kappa shape index (κ1) is 14.0. The number of carbonyl (C=O) groups is 1. The summed E-state index contributed by atoms with van der Waals surface area (Å²) in [6.45, 7) is 0.0184. The van der Waals surface area contributed by atoms with E-state index in [0.29, 0.717) is 16.5 Å². The first-order chi connectivity index (χ1) is 11.8. The van der Waals surface area contributed by atoms with Crippen molar-refractivity contribution in [1.82, 2.24) is 14.6 Å². The van der Waals surface area contributed by atoms with Gasteiger partial charge in [-0.25, -0.2) is 4.79 Å². The number of fused-ring (bicyclic) bond motifs is 2. The Hall–Kier alpha value is -3.59. The molecule has 0 radical (unpaired) electrons. The van der Waals surface area contributed by atoms with Crippen molar-refractivity contribution in [3.63, 3.8) is 0 Å². The summed E-state index contributed by atoms with van der Waals surface area (Å²) in [7, 11) is 0. The highest BCUT2D eigenvalue weighted by Gasteiger charge is 2.17. The molecule has 3 heterocycles. The van der Waals surface area contributed by atoms with Crippen molar-refractivity contribution in [2.45, 2.75) is 6.61 Å². The molecular weight excluding hydrogens is 304 g/mol. The molecular formula is C18H12N4O2. The monoisotopic (exact) mass is 316 g/mol. The largest absolute Gasteiger partial charge is 0.456 e. The summed E-state index contributed by atoms with van der Waals surface area (Å²) in [6.07, 6.45) is 3.65. The van der Waals surface area contributed by atoms with Gasteiger partial charge in [0.2, 0.25) is 0 Å². The third kappa shape index (κ3) is 2.20. The molecule has 0 unspecified atom stereocenters. The van der Waals surface area contributed by atoms with E-state index >= 15 is 0 Å². The molecule has 0 saturated heterocycles. The van der Waals surface area contributed by atoms with Crippen LogP contribution in [0.15, 0.2) is 54.9 Å². The van der Waals surface area contributed by atoms with Crippen LogP contribution in [0.4, 0.5) is 0 Å². The Morgan fingerprint density at radius 3 is 2.96 bits per heavy atom. The molecule has 0 bridgehead atoms. The average molecular weight is 316 g/mol. The predicted octanol–water partition coefficient (Wildman–Crippen LogP) is 3.04. The standard InChI is InChI=1S/C18H12N4O2/c19-9-14-12(10-22-8-4-3-7-16(14)22)11-24-18(23)17-13-5-1-2-6-15(13)20-21-17/h1-8,10H,11H2,(H,20,21). The zero-order valence-corrected chi connectivity index (χ0v) is 12.6. The lowest BCUT2D eigenvalue weighted by molar-refractivity contribution is 0.0468. The van der Waals surface area contributed by atoms with Crippen molar-refractivity contribution in [1.29, 1.82) is 5.26 Å². The molecule has 24 heavy (non-hydrogen) atoms. The summed E-state index contributed by atoms with van der Waals surface area (Å²) >= 11 is 0. The van der Waals surface area contributed by atoms with Crippen molar-refractivity contribution in [2.24, 2.45) is 0 Å². The van der Waals surface area contributed by atoms with E-state index in [-0.39, 0.29) is 12.3 Å². The molecule has 0 amide bonds. The van der Waals surface area contributed by atoms with E-state index in [9.17, 15) is 10.1 Å². The Balaban J connectivity index is 1.61. The normalized spacial score (nSPS) is 10.8. The Labute approximate surface area is 136 Å². The first-order valence-corrected chi connectivity index (χ1v) is 7.37. The fourth-order valence-electron chi connectivity index (χ4n) is 2.75. The van der Waals surface area contributed by atoms with Crippen molar-refractivity contribution in [3.8, 4) is 6.07 Å². The second-order valence-corrected chi connectivity index (χ2v) is 5.33. The third-order valence-corrected chi connectivity index (χ3v) is 3.90. The quantitative estimate of drug-likeness (QED) is 0.589. The van der Waals surface area contributed by atoms with Gasteiger partial charge >= 0.3 is 5.97 Å². The van der Waals surface area contributed by atoms with Crippen molar-refractivity contribution in [2.75, 3.05) is 0 Å². The van der Waals surface area contributed by atoms with Gasteiger partial charge in [-0.15, -0.1) is 0 Å². The summed E-state index contributed by atoms with van der Waals surface area (Å²) < 4.78 is 7.21. The minimum Gasteiger partial charge on any atom is -0.456 e. The number of nitrogens with zero attached hydrogens (tertiary/aromatic N) is 3. The van der Waals surface area contributed by atoms with Crippen LogP contribution in [0.3, 0.4) is 0 Å². The molecule has 0 atom stereocenters. The molecule has 0 saturated carbocycles. The van der Waals surface area contributed by atoms with Gasteiger partial charge < -0.3 is 9.14 Å². The van der Waals surface area contributed by atoms with E-state index in [2.05, 4.69) is 16.3 Å². The molecule has 4 aromatic rings. The number of benzene rings is 1.